The lowest BCUT2D eigenvalue weighted by Crippen LogP contribution is -1.99. The van der Waals surface area contributed by atoms with Crippen molar-refractivity contribution in [1.29, 1.82) is 0 Å². The summed E-state index contributed by atoms with van der Waals surface area (Å²) in [7, 11) is 0. The van der Waals surface area contributed by atoms with Gasteiger partial charge in [0.05, 0.1) is 12.2 Å². The molecule has 0 radical (unpaired) electrons. The van der Waals surface area contributed by atoms with Gasteiger partial charge in [-0.25, -0.2) is 4.79 Å². The fraction of sp³-hybridized carbons (Fsp3) is 0.364. The molecule has 1 aliphatic rings. The maximum atomic E-state index is 10.8. The van der Waals surface area contributed by atoms with Crippen LogP contribution >= 0.6 is 0 Å². The van der Waals surface area contributed by atoms with Crippen LogP contribution in [0, 0.1) is 0 Å². The normalized spacial score (nSPS) is 15.5. The molecule has 0 unspecified atom stereocenters. The van der Waals surface area contributed by atoms with E-state index in [1.807, 2.05) is 6.07 Å². The predicted molar refractivity (Wildman–Crippen MR) is 51.3 cm³/mol. The van der Waals surface area contributed by atoms with Gasteiger partial charge >= 0.3 is 5.97 Å². The topological polar surface area (TPSA) is 57.5 Å². The summed E-state index contributed by atoms with van der Waals surface area (Å²) in [5, 5.41) is 17.8. The van der Waals surface area contributed by atoms with Gasteiger partial charge in [-0.15, -0.1) is 0 Å². The summed E-state index contributed by atoms with van der Waals surface area (Å²) >= 11 is 0. The summed E-state index contributed by atoms with van der Waals surface area (Å²) < 4.78 is 0. The molecule has 3 heteroatoms. The summed E-state index contributed by atoms with van der Waals surface area (Å²) in [5.41, 5.74) is 2.01. The number of aromatic carboxylic acids is 1. The Hall–Kier alpha value is -1.35. The minimum atomic E-state index is -0.929. The molecule has 0 amide bonds. The quantitative estimate of drug-likeness (QED) is 0.767. The number of benzene rings is 1. The number of hydrogen-bond donors (Lipinski definition) is 2. The molecule has 0 heterocycles. The molecule has 2 N–H and O–H groups in total. The Balaban J connectivity index is 2.40. The fourth-order valence-corrected chi connectivity index (χ4v) is 1.59. The summed E-state index contributed by atoms with van der Waals surface area (Å²) in [6, 6.07) is 5.12. The first kappa shape index (κ1) is 9.21. The van der Waals surface area contributed by atoms with Gasteiger partial charge in [-0.3, -0.25) is 0 Å². The van der Waals surface area contributed by atoms with Gasteiger partial charge in [0.15, 0.2) is 0 Å². The molecule has 2 rings (SSSR count). The molecule has 14 heavy (non-hydrogen) atoms. The molecule has 1 aliphatic carbocycles. The van der Waals surface area contributed by atoms with E-state index < -0.39 is 5.97 Å². The van der Waals surface area contributed by atoms with Crippen LogP contribution in [0.1, 0.15) is 40.2 Å². The number of carboxylic acids is 1. The zero-order valence-corrected chi connectivity index (χ0v) is 7.73. The third kappa shape index (κ3) is 1.77. The SMILES string of the molecule is O=C(O)c1cc(CO)cc(C2CC2)c1. The largest absolute Gasteiger partial charge is 0.478 e. The molecule has 1 fully saturated rings. The lowest BCUT2D eigenvalue weighted by atomic mass is 10.0. The van der Waals surface area contributed by atoms with E-state index in [4.69, 9.17) is 10.2 Å². The van der Waals surface area contributed by atoms with E-state index >= 15 is 0 Å². The van der Waals surface area contributed by atoms with Crippen LogP contribution in [-0.2, 0) is 6.61 Å². The number of hydrogen-bond acceptors (Lipinski definition) is 2. The molecule has 0 saturated heterocycles. The second-order valence-corrected chi connectivity index (χ2v) is 3.70. The van der Waals surface area contributed by atoms with E-state index in [0.29, 0.717) is 11.5 Å². The van der Waals surface area contributed by atoms with Crippen LogP contribution < -0.4 is 0 Å². The molecule has 0 aromatic heterocycles. The maximum absolute atomic E-state index is 10.8. The highest BCUT2D eigenvalue weighted by molar-refractivity contribution is 5.88. The van der Waals surface area contributed by atoms with Crippen LogP contribution in [0.2, 0.25) is 0 Å². The average molecular weight is 192 g/mol. The molecule has 0 spiro atoms. The van der Waals surface area contributed by atoms with Crippen LogP contribution in [0.25, 0.3) is 0 Å². The third-order valence-corrected chi connectivity index (χ3v) is 2.49. The van der Waals surface area contributed by atoms with Crippen LogP contribution in [-0.4, -0.2) is 16.2 Å². The molecular weight excluding hydrogens is 180 g/mol. The molecule has 0 aliphatic heterocycles. The van der Waals surface area contributed by atoms with E-state index in [0.717, 1.165) is 18.4 Å². The lowest BCUT2D eigenvalue weighted by Gasteiger charge is -2.04. The van der Waals surface area contributed by atoms with E-state index in [1.54, 1.807) is 6.07 Å². The maximum Gasteiger partial charge on any atom is 0.335 e. The smallest absolute Gasteiger partial charge is 0.335 e. The fourth-order valence-electron chi connectivity index (χ4n) is 1.59. The highest BCUT2D eigenvalue weighted by atomic mass is 16.4. The number of aliphatic hydroxyl groups excluding tert-OH is 1. The van der Waals surface area contributed by atoms with Crippen molar-refractivity contribution in [2.45, 2.75) is 25.4 Å². The summed E-state index contributed by atoms with van der Waals surface area (Å²) in [6.07, 6.45) is 2.27. The Labute approximate surface area is 82.0 Å². The lowest BCUT2D eigenvalue weighted by molar-refractivity contribution is 0.0696. The van der Waals surface area contributed by atoms with Crippen LogP contribution in [0.5, 0.6) is 0 Å². The van der Waals surface area contributed by atoms with Gasteiger partial charge in [0.2, 0.25) is 0 Å². The number of carboxylic acid groups (broad SMARTS) is 1. The molecule has 1 saturated carbocycles. The van der Waals surface area contributed by atoms with Crippen molar-refractivity contribution in [2.75, 3.05) is 0 Å². The van der Waals surface area contributed by atoms with E-state index in [9.17, 15) is 4.79 Å². The van der Waals surface area contributed by atoms with Crippen molar-refractivity contribution in [3.05, 3.63) is 34.9 Å². The van der Waals surface area contributed by atoms with Gasteiger partial charge in [0.1, 0.15) is 0 Å². The van der Waals surface area contributed by atoms with Crippen molar-refractivity contribution >= 4 is 5.97 Å². The Morgan fingerprint density at radius 2 is 2.07 bits per heavy atom. The van der Waals surface area contributed by atoms with Gasteiger partial charge in [0.25, 0.3) is 0 Å². The number of carbonyl (C=O) groups is 1. The summed E-state index contributed by atoms with van der Waals surface area (Å²) in [4.78, 5) is 10.8. The van der Waals surface area contributed by atoms with E-state index in [1.165, 1.54) is 6.07 Å². The van der Waals surface area contributed by atoms with Crippen molar-refractivity contribution in [2.24, 2.45) is 0 Å². The molecule has 0 atom stereocenters. The van der Waals surface area contributed by atoms with Crippen molar-refractivity contribution in [3.63, 3.8) is 0 Å². The Morgan fingerprint density at radius 1 is 1.36 bits per heavy atom. The van der Waals surface area contributed by atoms with Crippen molar-refractivity contribution in [3.8, 4) is 0 Å². The standard InChI is InChI=1S/C11H12O3/c12-6-7-3-9(8-1-2-8)5-10(4-7)11(13)14/h3-5,8,12H,1-2,6H2,(H,13,14). The van der Waals surface area contributed by atoms with Crippen molar-refractivity contribution in [1.82, 2.24) is 0 Å². The van der Waals surface area contributed by atoms with Crippen molar-refractivity contribution < 1.29 is 15.0 Å². The molecule has 1 aromatic carbocycles. The van der Waals surface area contributed by atoms with Crippen LogP contribution in [0.15, 0.2) is 18.2 Å². The Bertz CT molecular complexity index is 367. The molecule has 74 valence electrons. The van der Waals surface area contributed by atoms with E-state index in [2.05, 4.69) is 0 Å². The molecule has 3 nitrogen and oxygen atoms in total. The third-order valence-electron chi connectivity index (χ3n) is 2.49. The number of rotatable bonds is 3. The van der Waals surface area contributed by atoms with Gasteiger partial charge in [-0.1, -0.05) is 6.07 Å². The minimum Gasteiger partial charge on any atom is -0.478 e. The first-order valence-corrected chi connectivity index (χ1v) is 4.68. The molecule has 1 aromatic rings. The minimum absolute atomic E-state index is 0.0964. The highest BCUT2D eigenvalue weighted by Gasteiger charge is 2.24. The Morgan fingerprint density at radius 3 is 2.57 bits per heavy atom. The van der Waals surface area contributed by atoms with Gasteiger partial charge in [-0.05, 0) is 42.0 Å². The van der Waals surface area contributed by atoms with E-state index in [-0.39, 0.29) is 12.2 Å². The number of aliphatic hydroxyl groups is 1. The van der Waals surface area contributed by atoms with Gasteiger partial charge < -0.3 is 10.2 Å². The zero-order valence-electron chi connectivity index (χ0n) is 7.73. The first-order valence-electron chi connectivity index (χ1n) is 4.68. The Kier molecular flexibility index (Phi) is 2.25. The molecule has 0 bridgehead atoms. The predicted octanol–water partition coefficient (Wildman–Crippen LogP) is 1.75. The first-order chi connectivity index (χ1) is 6.70. The highest BCUT2D eigenvalue weighted by Crippen LogP contribution is 2.40. The zero-order chi connectivity index (χ0) is 10.1. The van der Waals surface area contributed by atoms with Crippen LogP contribution in [0.4, 0.5) is 0 Å². The van der Waals surface area contributed by atoms with Gasteiger partial charge in [-0.2, -0.15) is 0 Å². The average Bonchev–Trinajstić information content (AvgIpc) is 3.00. The summed E-state index contributed by atoms with van der Waals surface area (Å²) in [5.74, 6) is -0.415. The monoisotopic (exact) mass is 192 g/mol. The van der Waals surface area contributed by atoms with Crippen LogP contribution in [0.3, 0.4) is 0 Å². The second-order valence-electron chi connectivity index (χ2n) is 3.70. The second kappa shape index (κ2) is 3.42. The van der Waals surface area contributed by atoms with Gasteiger partial charge in [0, 0.05) is 0 Å². The summed E-state index contributed by atoms with van der Waals surface area (Å²) in [6.45, 7) is -0.0964. The molecular formula is C11H12O3.